The summed E-state index contributed by atoms with van der Waals surface area (Å²) < 4.78 is 18.6. The highest BCUT2D eigenvalue weighted by molar-refractivity contribution is 7.14. The average Bonchev–Trinajstić information content (AvgIpc) is 3.10. The highest BCUT2D eigenvalue weighted by atomic mass is 32.1. The zero-order valence-electron chi connectivity index (χ0n) is 13.2. The van der Waals surface area contributed by atoms with Crippen LogP contribution in [0.1, 0.15) is 17.9 Å². The van der Waals surface area contributed by atoms with Crippen molar-refractivity contribution in [3.63, 3.8) is 0 Å². The number of hydrogen-bond donors (Lipinski definition) is 1. The molecule has 6 heteroatoms. The molecular weight excluding hydrogens is 339 g/mol. The molecule has 4 rings (SSSR count). The van der Waals surface area contributed by atoms with Gasteiger partial charge in [0.25, 0.3) is 0 Å². The molecule has 0 bridgehead atoms. The number of nitrogens with one attached hydrogen (secondary N) is 1. The Morgan fingerprint density at radius 2 is 2.00 bits per heavy atom. The first-order chi connectivity index (χ1) is 12.2. The average molecular weight is 354 g/mol. The molecule has 1 atom stereocenters. The molecule has 1 aliphatic heterocycles. The largest absolute Gasteiger partial charge is 0.493 e. The monoisotopic (exact) mass is 354 g/mol. The van der Waals surface area contributed by atoms with Gasteiger partial charge in [0.1, 0.15) is 11.6 Å². The fourth-order valence-corrected chi connectivity index (χ4v) is 3.61. The van der Waals surface area contributed by atoms with Gasteiger partial charge in [-0.05, 0) is 36.8 Å². The van der Waals surface area contributed by atoms with Crippen molar-refractivity contribution < 1.29 is 13.9 Å². The predicted octanol–water partition coefficient (Wildman–Crippen LogP) is 4.45. The summed E-state index contributed by atoms with van der Waals surface area (Å²) in [6.45, 7) is 0.522. The molecular formula is C19H15FN2O2S. The van der Waals surface area contributed by atoms with E-state index in [1.807, 2.05) is 29.6 Å². The van der Waals surface area contributed by atoms with Gasteiger partial charge in [-0.2, -0.15) is 0 Å². The maximum atomic E-state index is 13.0. The number of aromatic nitrogens is 1. The molecule has 2 heterocycles. The molecule has 0 saturated carbocycles. The maximum Gasteiger partial charge on any atom is 0.233 e. The molecule has 1 aromatic heterocycles. The summed E-state index contributed by atoms with van der Waals surface area (Å²) in [4.78, 5) is 17.1. The molecule has 2 aromatic carbocycles. The van der Waals surface area contributed by atoms with E-state index < -0.39 is 0 Å². The molecule has 1 N–H and O–H groups in total. The molecule has 1 amide bonds. The van der Waals surface area contributed by atoms with Gasteiger partial charge >= 0.3 is 0 Å². The number of para-hydroxylation sites is 1. The zero-order valence-corrected chi connectivity index (χ0v) is 14.1. The topological polar surface area (TPSA) is 51.2 Å². The van der Waals surface area contributed by atoms with E-state index in [9.17, 15) is 9.18 Å². The standard InChI is InChI=1S/C19H15FN2O2S/c20-13-7-5-12(6-8-13)16-11-25-19(21-16)22-18(23)15-9-10-24-17-4-2-1-3-14(15)17/h1-8,11,15H,9-10H2,(H,21,22,23)/t15-/m1/s1. The summed E-state index contributed by atoms with van der Waals surface area (Å²) in [7, 11) is 0. The molecule has 1 aliphatic rings. The Hall–Kier alpha value is -2.73. The van der Waals surface area contributed by atoms with Crippen LogP contribution in [0, 0.1) is 5.82 Å². The van der Waals surface area contributed by atoms with E-state index in [0.29, 0.717) is 23.9 Å². The van der Waals surface area contributed by atoms with Gasteiger partial charge in [0.15, 0.2) is 5.13 Å². The lowest BCUT2D eigenvalue weighted by Gasteiger charge is -2.24. The van der Waals surface area contributed by atoms with Gasteiger partial charge in [0.05, 0.1) is 18.2 Å². The Balaban J connectivity index is 1.52. The van der Waals surface area contributed by atoms with E-state index in [4.69, 9.17) is 4.74 Å². The van der Waals surface area contributed by atoms with Gasteiger partial charge in [0.2, 0.25) is 5.91 Å². The van der Waals surface area contributed by atoms with Crippen molar-refractivity contribution in [1.82, 2.24) is 4.98 Å². The Labute approximate surface area is 148 Å². The summed E-state index contributed by atoms with van der Waals surface area (Å²) >= 11 is 1.35. The van der Waals surface area contributed by atoms with Crippen molar-refractivity contribution >= 4 is 22.4 Å². The summed E-state index contributed by atoms with van der Waals surface area (Å²) in [5.41, 5.74) is 2.43. The highest BCUT2D eigenvalue weighted by Crippen LogP contribution is 2.34. The smallest absolute Gasteiger partial charge is 0.233 e. The number of rotatable bonds is 3. The predicted molar refractivity (Wildman–Crippen MR) is 95.4 cm³/mol. The van der Waals surface area contributed by atoms with E-state index in [1.54, 1.807) is 12.1 Å². The lowest BCUT2D eigenvalue weighted by Crippen LogP contribution is -2.26. The number of anilines is 1. The molecule has 0 unspecified atom stereocenters. The normalized spacial score (nSPS) is 16.0. The molecule has 126 valence electrons. The van der Waals surface area contributed by atoms with E-state index in [2.05, 4.69) is 10.3 Å². The quantitative estimate of drug-likeness (QED) is 0.756. The summed E-state index contributed by atoms with van der Waals surface area (Å²) in [5.74, 6) is 0.143. The maximum absolute atomic E-state index is 13.0. The highest BCUT2D eigenvalue weighted by Gasteiger charge is 2.27. The minimum atomic E-state index is -0.286. The van der Waals surface area contributed by atoms with Crippen molar-refractivity contribution in [3.05, 3.63) is 65.3 Å². The summed E-state index contributed by atoms with van der Waals surface area (Å²) in [6.07, 6.45) is 0.638. The first kappa shape index (κ1) is 15.8. The molecule has 0 aliphatic carbocycles. The first-order valence-electron chi connectivity index (χ1n) is 7.95. The number of carbonyl (C=O) groups is 1. The molecule has 0 radical (unpaired) electrons. The van der Waals surface area contributed by atoms with Crippen LogP contribution in [0.3, 0.4) is 0 Å². The van der Waals surface area contributed by atoms with Crippen LogP contribution in [0.5, 0.6) is 5.75 Å². The van der Waals surface area contributed by atoms with Crippen LogP contribution in [0.15, 0.2) is 53.9 Å². The van der Waals surface area contributed by atoms with Crippen molar-refractivity contribution in [2.75, 3.05) is 11.9 Å². The minimum Gasteiger partial charge on any atom is -0.493 e. The molecule has 25 heavy (non-hydrogen) atoms. The van der Waals surface area contributed by atoms with Gasteiger partial charge in [-0.15, -0.1) is 11.3 Å². The van der Waals surface area contributed by atoms with Crippen molar-refractivity contribution in [3.8, 4) is 17.0 Å². The lowest BCUT2D eigenvalue weighted by molar-refractivity contribution is -0.118. The molecule has 0 spiro atoms. The summed E-state index contributed by atoms with van der Waals surface area (Å²) in [6, 6.07) is 13.7. The SMILES string of the molecule is O=C(Nc1nc(-c2ccc(F)cc2)cs1)[C@@H]1CCOc2ccccc21. The van der Waals surface area contributed by atoms with Crippen molar-refractivity contribution in [1.29, 1.82) is 0 Å². The van der Waals surface area contributed by atoms with Crippen LogP contribution in [0.25, 0.3) is 11.3 Å². The number of thiazole rings is 1. The first-order valence-corrected chi connectivity index (χ1v) is 8.83. The van der Waals surface area contributed by atoms with Gasteiger partial charge < -0.3 is 10.1 Å². The number of halogens is 1. The van der Waals surface area contributed by atoms with Crippen LogP contribution in [-0.2, 0) is 4.79 Å². The molecule has 0 fully saturated rings. The van der Waals surface area contributed by atoms with Crippen molar-refractivity contribution in [2.24, 2.45) is 0 Å². The Bertz CT molecular complexity index is 908. The van der Waals surface area contributed by atoms with E-state index in [-0.39, 0.29) is 17.6 Å². The number of fused-ring (bicyclic) bond motifs is 1. The van der Waals surface area contributed by atoms with Crippen molar-refractivity contribution in [2.45, 2.75) is 12.3 Å². The second-order valence-electron chi connectivity index (χ2n) is 5.76. The van der Waals surface area contributed by atoms with Crippen LogP contribution in [0.2, 0.25) is 0 Å². The van der Waals surface area contributed by atoms with Crippen LogP contribution in [0.4, 0.5) is 9.52 Å². The summed E-state index contributed by atoms with van der Waals surface area (Å²) in [5, 5.41) is 5.28. The second kappa shape index (κ2) is 6.64. The number of hydrogen-bond acceptors (Lipinski definition) is 4. The van der Waals surface area contributed by atoms with Gasteiger partial charge in [-0.3, -0.25) is 4.79 Å². The third-order valence-electron chi connectivity index (χ3n) is 4.15. The Morgan fingerprint density at radius 3 is 2.84 bits per heavy atom. The van der Waals surface area contributed by atoms with Crippen LogP contribution < -0.4 is 10.1 Å². The lowest BCUT2D eigenvalue weighted by atomic mass is 9.92. The Morgan fingerprint density at radius 1 is 1.20 bits per heavy atom. The molecule has 0 saturated heterocycles. The van der Waals surface area contributed by atoms with Gasteiger partial charge in [0, 0.05) is 16.5 Å². The van der Waals surface area contributed by atoms with Crippen LogP contribution in [-0.4, -0.2) is 17.5 Å². The number of nitrogens with zero attached hydrogens (tertiary/aromatic N) is 1. The number of carbonyl (C=O) groups excluding carboxylic acids is 1. The van der Waals surface area contributed by atoms with E-state index >= 15 is 0 Å². The third kappa shape index (κ3) is 3.25. The second-order valence-corrected chi connectivity index (χ2v) is 6.62. The van der Waals surface area contributed by atoms with E-state index in [0.717, 1.165) is 16.9 Å². The molecule has 3 aromatic rings. The van der Waals surface area contributed by atoms with Gasteiger partial charge in [-0.1, -0.05) is 18.2 Å². The Kier molecular flexibility index (Phi) is 4.19. The third-order valence-corrected chi connectivity index (χ3v) is 4.91. The van der Waals surface area contributed by atoms with Crippen LogP contribution >= 0.6 is 11.3 Å². The fraction of sp³-hybridized carbons (Fsp3) is 0.158. The minimum absolute atomic E-state index is 0.0873. The van der Waals surface area contributed by atoms with Gasteiger partial charge in [-0.25, -0.2) is 9.37 Å². The fourth-order valence-electron chi connectivity index (χ4n) is 2.89. The zero-order chi connectivity index (χ0) is 17.2. The number of benzene rings is 2. The number of amides is 1. The number of ether oxygens (including phenoxy) is 1. The van der Waals surface area contributed by atoms with E-state index in [1.165, 1.54) is 23.5 Å². The molecule has 4 nitrogen and oxygen atoms in total.